The maximum atomic E-state index is 14.2. The third-order valence-corrected chi connectivity index (χ3v) is 6.05. The van der Waals surface area contributed by atoms with Crippen LogP contribution in [0.3, 0.4) is 0 Å². The highest BCUT2D eigenvalue weighted by Gasteiger charge is 2.34. The molecule has 4 aromatic carbocycles. The van der Waals surface area contributed by atoms with Crippen molar-refractivity contribution >= 4 is 16.6 Å². The first-order valence-corrected chi connectivity index (χ1v) is 11.5. The molecule has 0 atom stereocenters. The number of fused-ring (bicyclic) bond motifs is 1. The van der Waals surface area contributed by atoms with Gasteiger partial charge in [-0.3, -0.25) is 14.8 Å². The van der Waals surface area contributed by atoms with Gasteiger partial charge in [-0.25, -0.2) is 4.39 Å². The summed E-state index contributed by atoms with van der Waals surface area (Å²) in [4.78, 5) is 10.5. The van der Waals surface area contributed by atoms with Crippen molar-refractivity contribution in [2.75, 3.05) is 0 Å². The molecule has 0 amide bonds. The molecule has 1 heterocycles. The number of benzene rings is 4. The molecule has 38 heavy (non-hydrogen) atoms. The number of hydrogen-bond acceptors (Lipinski definition) is 4. The Kier molecular flexibility index (Phi) is 6.54. The van der Waals surface area contributed by atoms with Crippen LogP contribution in [0.4, 0.5) is 23.2 Å². The van der Waals surface area contributed by atoms with E-state index in [4.69, 9.17) is 4.74 Å². The molecule has 0 saturated carbocycles. The zero-order valence-electron chi connectivity index (χ0n) is 19.7. The van der Waals surface area contributed by atoms with Gasteiger partial charge in [-0.15, -0.1) is 0 Å². The van der Waals surface area contributed by atoms with Crippen LogP contribution in [0, 0.1) is 15.9 Å². The summed E-state index contributed by atoms with van der Waals surface area (Å²) < 4.78 is 62.5. The van der Waals surface area contributed by atoms with Gasteiger partial charge in [-0.05, 0) is 42.0 Å². The molecule has 5 rings (SSSR count). The van der Waals surface area contributed by atoms with Crippen LogP contribution in [0.25, 0.3) is 22.2 Å². The number of nitrogens with zero attached hydrogens (tertiary/aromatic N) is 3. The minimum absolute atomic E-state index is 0.155. The lowest BCUT2D eigenvalue weighted by molar-refractivity contribution is -0.386. The van der Waals surface area contributed by atoms with Crippen molar-refractivity contribution in [3.8, 4) is 17.0 Å². The minimum atomic E-state index is -4.57. The smallest absolute Gasteiger partial charge is 0.418 e. The first kappa shape index (κ1) is 24.9. The van der Waals surface area contributed by atoms with Crippen LogP contribution in [0.1, 0.15) is 16.7 Å². The first-order chi connectivity index (χ1) is 18.2. The van der Waals surface area contributed by atoms with Gasteiger partial charge in [0.15, 0.2) is 0 Å². The quantitative estimate of drug-likeness (QED) is 0.127. The zero-order valence-corrected chi connectivity index (χ0v) is 19.7. The second-order valence-corrected chi connectivity index (χ2v) is 8.50. The van der Waals surface area contributed by atoms with E-state index in [1.54, 1.807) is 30.3 Å². The molecule has 0 radical (unpaired) electrons. The molecule has 6 nitrogen and oxygen atoms in total. The van der Waals surface area contributed by atoms with E-state index >= 15 is 0 Å². The van der Waals surface area contributed by atoms with E-state index in [1.807, 2.05) is 30.3 Å². The predicted octanol–water partition coefficient (Wildman–Crippen LogP) is 7.40. The van der Waals surface area contributed by atoms with Gasteiger partial charge in [0.1, 0.15) is 29.3 Å². The molecule has 0 unspecified atom stereocenters. The summed E-state index contributed by atoms with van der Waals surface area (Å²) in [7, 11) is 0. The maximum Gasteiger partial charge on any atom is 0.418 e. The van der Waals surface area contributed by atoms with Crippen molar-refractivity contribution in [3.63, 3.8) is 0 Å². The van der Waals surface area contributed by atoms with Crippen molar-refractivity contribution in [1.82, 2.24) is 9.78 Å². The molecule has 0 aliphatic heterocycles. The Labute approximate surface area is 213 Å². The molecule has 0 aliphatic carbocycles. The largest absolute Gasteiger partial charge is 0.489 e. The van der Waals surface area contributed by atoms with E-state index in [0.717, 1.165) is 17.7 Å². The Morgan fingerprint density at radius 2 is 1.61 bits per heavy atom. The predicted molar refractivity (Wildman–Crippen MR) is 133 cm³/mol. The van der Waals surface area contributed by atoms with E-state index in [2.05, 4.69) is 5.10 Å². The molecule has 0 aliphatic rings. The Hall–Kier alpha value is -4.73. The monoisotopic (exact) mass is 521 g/mol. The van der Waals surface area contributed by atoms with Gasteiger partial charge in [0.2, 0.25) is 0 Å². The van der Waals surface area contributed by atoms with Crippen molar-refractivity contribution in [2.45, 2.75) is 19.3 Å². The second-order valence-electron chi connectivity index (χ2n) is 8.50. The van der Waals surface area contributed by atoms with Crippen LogP contribution in [-0.4, -0.2) is 14.7 Å². The number of nitro benzene ring substituents is 1. The Bertz CT molecular complexity index is 1620. The van der Waals surface area contributed by atoms with Crippen LogP contribution in [0.5, 0.6) is 5.75 Å². The average Bonchev–Trinajstić information content (AvgIpc) is 3.25. The van der Waals surface area contributed by atoms with E-state index in [0.29, 0.717) is 22.4 Å². The number of nitro groups is 1. The highest BCUT2D eigenvalue weighted by Crippen LogP contribution is 2.38. The van der Waals surface area contributed by atoms with Crippen LogP contribution < -0.4 is 4.74 Å². The lowest BCUT2D eigenvalue weighted by atomic mass is 10.0. The van der Waals surface area contributed by atoms with E-state index in [1.165, 1.54) is 22.9 Å². The van der Waals surface area contributed by atoms with Gasteiger partial charge < -0.3 is 4.74 Å². The summed E-state index contributed by atoms with van der Waals surface area (Å²) in [6.45, 7) is -0.122. The number of halogens is 4. The van der Waals surface area contributed by atoms with E-state index in [9.17, 15) is 27.7 Å². The van der Waals surface area contributed by atoms with Gasteiger partial charge in [0, 0.05) is 17.0 Å². The van der Waals surface area contributed by atoms with Crippen LogP contribution in [0.2, 0.25) is 0 Å². The van der Waals surface area contributed by atoms with Crippen molar-refractivity contribution < 1.29 is 27.2 Å². The lowest BCUT2D eigenvalue weighted by Crippen LogP contribution is -2.06. The highest BCUT2D eigenvalue weighted by atomic mass is 19.4. The molecule has 192 valence electrons. The first-order valence-electron chi connectivity index (χ1n) is 11.5. The molecule has 1 aromatic heterocycles. The summed E-state index contributed by atoms with van der Waals surface area (Å²) in [6.07, 6.45) is -4.57. The second kappa shape index (κ2) is 9.97. The summed E-state index contributed by atoms with van der Waals surface area (Å²) in [5.74, 6) is -0.451. The van der Waals surface area contributed by atoms with Crippen molar-refractivity contribution in [2.24, 2.45) is 0 Å². The summed E-state index contributed by atoms with van der Waals surface area (Å²) in [5, 5.41) is 15.9. The van der Waals surface area contributed by atoms with Gasteiger partial charge in [0.05, 0.1) is 22.7 Å². The topological polar surface area (TPSA) is 70.2 Å². The summed E-state index contributed by atoms with van der Waals surface area (Å²) in [6, 6.07) is 23.2. The fourth-order valence-corrected chi connectivity index (χ4v) is 4.28. The van der Waals surface area contributed by atoms with E-state index < -0.39 is 28.2 Å². The van der Waals surface area contributed by atoms with Gasteiger partial charge >= 0.3 is 6.18 Å². The van der Waals surface area contributed by atoms with Gasteiger partial charge in [0.25, 0.3) is 5.69 Å². The van der Waals surface area contributed by atoms with Crippen molar-refractivity contribution in [1.29, 1.82) is 0 Å². The molecular weight excluding hydrogens is 502 g/mol. The normalized spacial score (nSPS) is 11.6. The van der Waals surface area contributed by atoms with Gasteiger partial charge in [-0.1, -0.05) is 48.5 Å². The zero-order chi connectivity index (χ0) is 26.9. The summed E-state index contributed by atoms with van der Waals surface area (Å²) >= 11 is 0. The molecule has 0 bridgehead atoms. The number of aromatic nitrogens is 2. The number of hydrogen-bond donors (Lipinski definition) is 0. The molecule has 10 heteroatoms. The fourth-order valence-electron chi connectivity index (χ4n) is 4.28. The Morgan fingerprint density at radius 1 is 0.895 bits per heavy atom. The minimum Gasteiger partial charge on any atom is -0.489 e. The Morgan fingerprint density at radius 3 is 2.29 bits per heavy atom. The fraction of sp³-hybridized carbons (Fsp3) is 0.107. The third kappa shape index (κ3) is 4.93. The van der Waals surface area contributed by atoms with Crippen molar-refractivity contribution in [3.05, 3.63) is 124 Å². The highest BCUT2D eigenvalue weighted by molar-refractivity contribution is 5.95. The SMILES string of the molecule is O=[N+]([O-])c1cccc(F)c1COc1ccc(-c2c3cccc(C(F)(F)F)c3nn2Cc2ccccc2)cc1. The summed E-state index contributed by atoms with van der Waals surface area (Å²) in [5.41, 5.74) is 0.388. The number of ether oxygens (including phenoxy) is 1. The number of rotatable bonds is 7. The van der Waals surface area contributed by atoms with Crippen LogP contribution >= 0.6 is 0 Å². The molecule has 0 N–H and O–H groups in total. The van der Waals surface area contributed by atoms with Crippen LogP contribution in [-0.2, 0) is 19.3 Å². The van der Waals surface area contributed by atoms with Crippen LogP contribution in [0.15, 0.2) is 91.0 Å². The molecular formula is C28H19F4N3O3. The molecule has 5 aromatic rings. The third-order valence-electron chi connectivity index (χ3n) is 6.05. The lowest BCUT2D eigenvalue weighted by Gasteiger charge is -2.11. The molecule has 0 spiro atoms. The standard InChI is InChI=1S/C28H19F4N3O3/c29-24-10-5-11-25(35(36)37)22(24)17-38-20-14-12-19(13-15-20)27-21-8-4-9-23(28(30,31)32)26(21)33-34(27)16-18-6-2-1-3-7-18/h1-15H,16-17H2. The van der Waals surface area contributed by atoms with E-state index in [-0.39, 0.29) is 24.2 Å². The maximum absolute atomic E-state index is 14.2. The Balaban J connectivity index is 1.51. The van der Waals surface area contributed by atoms with Gasteiger partial charge in [-0.2, -0.15) is 18.3 Å². The number of alkyl halides is 3. The molecule has 0 fully saturated rings. The average molecular weight is 521 g/mol. The molecule has 0 saturated heterocycles.